The molecule has 1 nitrogen and oxygen atoms in total. The number of rotatable bonds is 2. The van der Waals surface area contributed by atoms with E-state index in [1.807, 2.05) is 13.0 Å². The highest BCUT2D eigenvalue weighted by Gasteiger charge is 2.37. The van der Waals surface area contributed by atoms with Crippen LogP contribution in [-0.4, -0.2) is 5.11 Å². The molecule has 1 unspecified atom stereocenters. The van der Waals surface area contributed by atoms with Crippen molar-refractivity contribution in [2.24, 2.45) is 0 Å². The van der Waals surface area contributed by atoms with Gasteiger partial charge in [0.2, 0.25) is 0 Å². The lowest BCUT2D eigenvalue weighted by Gasteiger charge is -2.25. The Bertz CT molecular complexity index is 668. The van der Waals surface area contributed by atoms with Gasteiger partial charge in [-0.2, -0.15) is 0 Å². The first-order chi connectivity index (χ1) is 9.48. The lowest BCUT2D eigenvalue weighted by molar-refractivity contribution is 0.0389. The van der Waals surface area contributed by atoms with Crippen LogP contribution in [0, 0.1) is 12.7 Å². The molecule has 0 amide bonds. The maximum atomic E-state index is 13.1. The zero-order valence-electron chi connectivity index (χ0n) is 11.3. The molecule has 1 atom stereocenters. The van der Waals surface area contributed by atoms with Crippen LogP contribution in [0.4, 0.5) is 4.39 Å². The highest BCUT2D eigenvalue weighted by Crippen LogP contribution is 2.40. The predicted molar refractivity (Wildman–Crippen MR) is 78.5 cm³/mol. The first-order valence-corrected chi connectivity index (χ1v) is 7.12. The van der Waals surface area contributed by atoms with E-state index < -0.39 is 5.60 Å². The smallest absolute Gasteiger partial charge is 0.124 e. The van der Waals surface area contributed by atoms with Gasteiger partial charge < -0.3 is 5.11 Å². The van der Waals surface area contributed by atoms with Gasteiger partial charge in [0.15, 0.2) is 0 Å². The molecule has 0 aliphatic heterocycles. The fraction of sp³-hybridized carbons (Fsp3) is 0.294. The van der Waals surface area contributed by atoms with Gasteiger partial charge in [0.25, 0.3) is 0 Å². The zero-order chi connectivity index (χ0) is 14.3. The Hall–Kier alpha value is -1.38. The van der Waals surface area contributed by atoms with E-state index in [-0.39, 0.29) is 5.82 Å². The van der Waals surface area contributed by atoms with Crippen LogP contribution in [0.2, 0.25) is 5.02 Å². The topological polar surface area (TPSA) is 20.2 Å². The Kier molecular flexibility index (Phi) is 3.31. The minimum Gasteiger partial charge on any atom is -0.385 e. The average Bonchev–Trinajstić information content (AvgIpc) is 2.71. The second-order valence-corrected chi connectivity index (χ2v) is 6.01. The molecule has 0 spiro atoms. The number of halogens is 2. The van der Waals surface area contributed by atoms with Crippen LogP contribution in [0.25, 0.3) is 0 Å². The number of hydrogen-bond donors (Lipinski definition) is 1. The van der Waals surface area contributed by atoms with Gasteiger partial charge in [-0.3, -0.25) is 0 Å². The molecule has 0 heterocycles. The minimum atomic E-state index is -0.900. The maximum Gasteiger partial charge on any atom is 0.124 e. The van der Waals surface area contributed by atoms with Crippen molar-refractivity contribution in [3.63, 3.8) is 0 Å². The summed E-state index contributed by atoms with van der Waals surface area (Å²) in [5, 5.41) is 11.3. The molecular weight excluding hydrogens is 275 g/mol. The fourth-order valence-electron chi connectivity index (χ4n) is 2.98. The van der Waals surface area contributed by atoms with Gasteiger partial charge in [-0.1, -0.05) is 41.4 Å². The van der Waals surface area contributed by atoms with E-state index in [0.29, 0.717) is 17.9 Å². The Balaban J connectivity index is 1.97. The molecule has 0 bridgehead atoms. The number of aryl methyl sites for hydroxylation is 2. The summed E-state index contributed by atoms with van der Waals surface area (Å²) in [6.07, 6.45) is 1.97. The van der Waals surface area contributed by atoms with Gasteiger partial charge in [-0.25, -0.2) is 4.39 Å². The molecule has 104 valence electrons. The molecule has 1 N–H and O–H groups in total. The Labute approximate surface area is 123 Å². The zero-order valence-corrected chi connectivity index (χ0v) is 12.0. The van der Waals surface area contributed by atoms with E-state index in [0.717, 1.165) is 23.1 Å². The standard InChI is InChI=1S/C17H16ClFO/c1-11-2-3-12-6-7-17(20,15(12)8-11)10-13-4-5-14(19)9-16(13)18/h2-5,8-9,20H,6-7,10H2,1H3. The first-order valence-electron chi connectivity index (χ1n) is 6.74. The third kappa shape index (κ3) is 2.34. The van der Waals surface area contributed by atoms with Crippen LogP contribution < -0.4 is 0 Å². The Morgan fingerprint density at radius 2 is 2.05 bits per heavy atom. The number of fused-ring (bicyclic) bond motifs is 1. The second kappa shape index (κ2) is 4.87. The normalized spacial score (nSPS) is 21.0. The van der Waals surface area contributed by atoms with E-state index in [2.05, 4.69) is 12.1 Å². The molecule has 2 aromatic rings. The van der Waals surface area contributed by atoms with Crippen molar-refractivity contribution in [2.75, 3.05) is 0 Å². The van der Waals surface area contributed by atoms with Gasteiger partial charge in [-0.05, 0) is 48.6 Å². The molecule has 3 heteroatoms. The Morgan fingerprint density at radius 3 is 2.80 bits per heavy atom. The van der Waals surface area contributed by atoms with E-state index >= 15 is 0 Å². The third-order valence-corrected chi connectivity index (χ3v) is 4.42. The van der Waals surface area contributed by atoms with Crippen molar-refractivity contribution in [3.05, 3.63) is 69.5 Å². The third-order valence-electron chi connectivity index (χ3n) is 4.07. The van der Waals surface area contributed by atoms with Gasteiger partial charge in [0, 0.05) is 11.4 Å². The molecule has 3 rings (SSSR count). The summed E-state index contributed by atoms with van der Waals surface area (Å²) in [4.78, 5) is 0. The quantitative estimate of drug-likeness (QED) is 0.880. The summed E-state index contributed by atoms with van der Waals surface area (Å²) < 4.78 is 13.1. The summed E-state index contributed by atoms with van der Waals surface area (Å²) in [5.41, 5.74) is 3.19. The van der Waals surface area contributed by atoms with Crippen LogP contribution >= 0.6 is 11.6 Å². The van der Waals surface area contributed by atoms with Crippen LogP contribution in [0.15, 0.2) is 36.4 Å². The van der Waals surface area contributed by atoms with Gasteiger partial charge >= 0.3 is 0 Å². The van der Waals surface area contributed by atoms with E-state index in [1.165, 1.54) is 17.7 Å². The summed E-state index contributed by atoms with van der Waals surface area (Å²) in [6, 6.07) is 10.5. The van der Waals surface area contributed by atoms with Crippen molar-refractivity contribution >= 4 is 11.6 Å². The van der Waals surface area contributed by atoms with Crippen LogP contribution in [0.5, 0.6) is 0 Å². The predicted octanol–water partition coefficient (Wildman–Crippen LogP) is 4.16. The average molecular weight is 291 g/mol. The molecule has 0 fully saturated rings. The monoisotopic (exact) mass is 290 g/mol. The highest BCUT2D eigenvalue weighted by atomic mass is 35.5. The molecule has 0 saturated heterocycles. The largest absolute Gasteiger partial charge is 0.385 e. The number of aliphatic hydroxyl groups is 1. The summed E-state index contributed by atoms with van der Waals surface area (Å²) in [6.45, 7) is 2.02. The fourth-order valence-corrected chi connectivity index (χ4v) is 3.22. The molecule has 0 radical (unpaired) electrons. The number of benzene rings is 2. The van der Waals surface area contributed by atoms with Gasteiger partial charge in [0.05, 0.1) is 5.60 Å². The van der Waals surface area contributed by atoms with Crippen LogP contribution in [-0.2, 0) is 18.4 Å². The molecular formula is C17H16ClFO. The first kappa shape index (κ1) is 13.6. The molecule has 0 saturated carbocycles. The summed E-state index contributed by atoms with van der Waals surface area (Å²) in [7, 11) is 0. The van der Waals surface area contributed by atoms with Crippen LogP contribution in [0.3, 0.4) is 0 Å². The van der Waals surface area contributed by atoms with Gasteiger partial charge in [-0.15, -0.1) is 0 Å². The van der Waals surface area contributed by atoms with Crippen molar-refractivity contribution in [3.8, 4) is 0 Å². The minimum absolute atomic E-state index is 0.353. The van der Waals surface area contributed by atoms with E-state index in [4.69, 9.17) is 11.6 Å². The van der Waals surface area contributed by atoms with E-state index in [9.17, 15) is 9.50 Å². The van der Waals surface area contributed by atoms with Gasteiger partial charge in [0.1, 0.15) is 5.82 Å². The SMILES string of the molecule is Cc1ccc2c(c1)C(O)(Cc1ccc(F)cc1Cl)CC2. The highest BCUT2D eigenvalue weighted by molar-refractivity contribution is 6.31. The molecule has 0 aromatic heterocycles. The molecule has 1 aliphatic carbocycles. The van der Waals surface area contributed by atoms with Crippen molar-refractivity contribution in [2.45, 2.75) is 31.8 Å². The molecule has 20 heavy (non-hydrogen) atoms. The van der Waals surface area contributed by atoms with Crippen molar-refractivity contribution in [1.82, 2.24) is 0 Å². The molecule has 2 aromatic carbocycles. The van der Waals surface area contributed by atoms with Crippen molar-refractivity contribution in [1.29, 1.82) is 0 Å². The maximum absolute atomic E-state index is 13.1. The molecule has 1 aliphatic rings. The summed E-state index contributed by atoms with van der Waals surface area (Å²) in [5.74, 6) is -0.353. The van der Waals surface area contributed by atoms with Crippen molar-refractivity contribution < 1.29 is 9.50 Å². The summed E-state index contributed by atoms with van der Waals surface area (Å²) >= 11 is 6.08. The van der Waals surface area contributed by atoms with E-state index in [1.54, 1.807) is 6.07 Å². The Morgan fingerprint density at radius 1 is 1.25 bits per heavy atom. The van der Waals surface area contributed by atoms with Crippen LogP contribution in [0.1, 0.15) is 28.7 Å². The lowest BCUT2D eigenvalue weighted by atomic mass is 9.88. The number of hydrogen-bond acceptors (Lipinski definition) is 1. The second-order valence-electron chi connectivity index (χ2n) is 5.60. The lowest BCUT2D eigenvalue weighted by Crippen LogP contribution is -2.25.